The Labute approximate surface area is 140 Å². The van der Waals surface area contributed by atoms with E-state index < -0.39 is 16.0 Å². The minimum atomic E-state index is -3.24. The number of carboxylic acids is 1. The molecule has 1 aliphatic heterocycles. The summed E-state index contributed by atoms with van der Waals surface area (Å²) in [4.78, 5) is 23.0. The van der Waals surface area contributed by atoms with E-state index in [4.69, 9.17) is 9.76 Å². The maximum atomic E-state index is 11.9. The Bertz CT molecular complexity index is 737. The predicted molar refractivity (Wildman–Crippen MR) is 88.9 cm³/mol. The van der Waals surface area contributed by atoms with Gasteiger partial charge in [0.15, 0.2) is 0 Å². The highest BCUT2D eigenvalue weighted by atomic mass is 32.2. The molecule has 1 aromatic carbocycles. The molecule has 10 heteroatoms. The first-order valence-electron chi connectivity index (χ1n) is 7.48. The fraction of sp³-hybridized carbons (Fsp3) is 0.429. The zero-order valence-corrected chi connectivity index (χ0v) is 14.1. The van der Waals surface area contributed by atoms with Gasteiger partial charge in [0.25, 0.3) is 0 Å². The van der Waals surface area contributed by atoms with Crippen molar-refractivity contribution in [2.45, 2.75) is 25.2 Å². The van der Waals surface area contributed by atoms with Gasteiger partial charge in [0.05, 0.1) is 11.8 Å². The molecule has 2 rings (SSSR count). The van der Waals surface area contributed by atoms with Gasteiger partial charge in [0.2, 0.25) is 15.9 Å². The van der Waals surface area contributed by atoms with Crippen molar-refractivity contribution in [1.29, 1.82) is 0 Å². The average Bonchev–Trinajstić information content (AvgIpc) is 2.49. The van der Waals surface area contributed by atoms with E-state index in [0.717, 1.165) is 11.8 Å². The summed E-state index contributed by atoms with van der Waals surface area (Å²) in [5.41, 5.74) is 0.856. The van der Waals surface area contributed by atoms with E-state index in [9.17, 15) is 18.0 Å². The lowest BCUT2D eigenvalue weighted by Crippen LogP contribution is -2.45. The van der Waals surface area contributed by atoms with Crippen molar-refractivity contribution in [3.8, 4) is 5.75 Å². The Morgan fingerprint density at radius 1 is 1.42 bits per heavy atom. The third-order valence-corrected chi connectivity index (χ3v) is 4.26. The molecule has 24 heavy (non-hydrogen) atoms. The minimum Gasteiger partial charge on any atom is -0.561 e. The number of aromatic carboxylic acids is 1. The highest BCUT2D eigenvalue weighted by Gasteiger charge is 2.26. The Morgan fingerprint density at radius 3 is 2.83 bits per heavy atom. The maximum absolute atomic E-state index is 11.9. The van der Waals surface area contributed by atoms with E-state index in [0.29, 0.717) is 18.6 Å². The molecule has 3 N–H and O–H groups in total. The molecule has 0 spiro atoms. The first kappa shape index (κ1) is 18.3. The highest BCUT2D eigenvalue weighted by Crippen LogP contribution is 2.28. The lowest BCUT2D eigenvalue weighted by molar-refractivity contribution is -0.121. The number of hydrogen-bond donors (Lipinski definition) is 3. The van der Waals surface area contributed by atoms with Crippen LogP contribution in [0.2, 0.25) is 0 Å². The van der Waals surface area contributed by atoms with Crippen LogP contribution in [-0.4, -0.2) is 51.6 Å². The minimum absolute atomic E-state index is 0.115. The molecule has 1 aromatic rings. The molecular weight excluding hydrogens is 335 g/mol. The van der Waals surface area contributed by atoms with Gasteiger partial charge in [-0.15, -0.1) is 0 Å². The third-order valence-electron chi connectivity index (χ3n) is 3.53. The van der Waals surface area contributed by atoms with Crippen molar-refractivity contribution in [3.05, 3.63) is 29.3 Å². The van der Waals surface area contributed by atoms with Crippen LogP contribution in [0.15, 0.2) is 18.2 Å². The van der Waals surface area contributed by atoms with Crippen LogP contribution in [0.1, 0.15) is 28.8 Å². The summed E-state index contributed by atoms with van der Waals surface area (Å²) in [6, 6.07) is 4.90. The second kappa shape index (κ2) is 7.67. The smallest absolute Gasteiger partial charge is 0.363 e. The van der Waals surface area contributed by atoms with Crippen molar-refractivity contribution in [2.75, 3.05) is 12.8 Å². The number of hydrogen-bond acceptors (Lipinski definition) is 5. The van der Waals surface area contributed by atoms with E-state index in [-0.39, 0.29) is 37.9 Å². The van der Waals surface area contributed by atoms with E-state index in [1.807, 2.05) is 0 Å². The molecular formula is C14H19BN2O6S. The molecule has 8 nitrogen and oxygen atoms in total. The fourth-order valence-corrected chi connectivity index (χ4v) is 3.01. The van der Waals surface area contributed by atoms with Gasteiger partial charge in [-0.25, -0.2) is 17.9 Å². The summed E-state index contributed by atoms with van der Waals surface area (Å²) in [6.07, 6.45) is 2.15. The van der Waals surface area contributed by atoms with Gasteiger partial charge in [0, 0.05) is 18.9 Å². The van der Waals surface area contributed by atoms with Crippen molar-refractivity contribution in [3.63, 3.8) is 0 Å². The molecule has 0 bridgehead atoms. The van der Waals surface area contributed by atoms with Crippen LogP contribution in [0.25, 0.3) is 0 Å². The van der Waals surface area contributed by atoms with Gasteiger partial charge in [0.1, 0.15) is 5.75 Å². The second-order valence-corrected chi connectivity index (χ2v) is 7.48. The second-order valence-electron chi connectivity index (χ2n) is 5.65. The van der Waals surface area contributed by atoms with Gasteiger partial charge in [-0.2, -0.15) is 0 Å². The summed E-state index contributed by atoms with van der Waals surface area (Å²) < 4.78 is 29.7. The molecule has 0 saturated heterocycles. The van der Waals surface area contributed by atoms with E-state index in [2.05, 4.69) is 10.0 Å². The van der Waals surface area contributed by atoms with Crippen LogP contribution in [0.5, 0.6) is 5.75 Å². The van der Waals surface area contributed by atoms with Crippen LogP contribution in [0.4, 0.5) is 0 Å². The standard InChI is InChI=1S/C14H19BN2O6S/c1-24(21,22)16-7-3-6-12(18)17-11-8-9-4-2-5-10(14(19)20)13(9)23-15-11/h2,4-5,11,15-16H,3,6-8H2,1H3,(H,17,18)(H,19,20). The summed E-state index contributed by atoms with van der Waals surface area (Å²) in [7, 11) is -3.04. The molecule has 1 unspecified atom stereocenters. The van der Waals surface area contributed by atoms with Crippen LogP contribution in [0, 0.1) is 0 Å². The number of amides is 1. The number of benzene rings is 1. The summed E-state index contributed by atoms with van der Waals surface area (Å²) in [5, 5.41) is 11.9. The monoisotopic (exact) mass is 354 g/mol. The van der Waals surface area contributed by atoms with E-state index in [1.165, 1.54) is 6.07 Å². The Morgan fingerprint density at radius 2 is 2.17 bits per heavy atom. The number of sulfonamides is 1. The number of fused-ring (bicyclic) bond motifs is 1. The van der Waals surface area contributed by atoms with Crippen LogP contribution in [-0.2, 0) is 21.2 Å². The van der Waals surface area contributed by atoms with Crippen LogP contribution in [0.3, 0.4) is 0 Å². The SMILES string of the molecule is CS(=O)(=O)NCCCC(=O)NC1BOc2c(cccc2C(=O)O)C1. The van der Waals surface area contributed by atoms with Crippen LogP contribution >= 0.6 is 0 Å². The largest absolute Gasteiger partial charge is 0.561 e. The first-order chi connectivity index (χ1) is 11.3. The summed E-state index contributed by atoms with van der Waals surface area (Å²) in [5.74, 6) is -1.13. The molecule has 1 heterocycles. The zero-order valence-electron chi connectivity index (χ0n) is 13.2. The van der Waals surface area contributed by atoms with Gasteiger partial charge in [-0.1, -0.05) is 12.1 Å². The molecule has 0 radical (unpaired) electrons. The maximum Gasteiger partial charge on any atom is 0.363 e. The van der Waals surface area contributed by atoms with Crippen molar-refractivity contribution in [2.24, 2.45) is 0 Å². The topological polar surface area (TPSA) is 122 Å². The first-order valence-corrected chi connectivity index (χ1v) is 9.37. The molecule has 1 amide bonds. The quantitative estimate of drug-likeness (QED) is 0.446. The Balaban J connectivity index is 1.84. The molecule has 1 atom stereocenters. The fourth-order valence-electron chi connectivity index (χ4n) is 2.49. The van der Waals surface area contributed by atoms with Gasteiger partial charge >= 0.3 is 13.5 Å². The van der Waals surface area contributed by atoms with E-state index >= 15 is 0 Å². The molecule has 1 aliphatic rings. The molecule has 0 aliphatic carbocycles. The predicted octanol–water partition coefficient (Wildman–Crippen LogP) is -0.557. The number of carboxylic acid groups (broad SMARTS) is 1. The van der Waals surface area contributed by atoms with Crippen molar-refractivity contribution < 1.29 is 27.8 Å². The molecule has 0 saturated carbocycles. The Hall–Kier alpha value is -2.07. The number of carbonyl (C=O) groups is 2. The van der Waals surface area contributed by atoms with Gasteiger partial charge in [-0.05, 0) is 24.5 Å². The normalized spacial score (nSPS) is 16.5. The molecule has 130 valence electrons. The zero-order chi connectivity index (χ0) is 17.7. The summed E-state index contributed by atoms with van der Waals surface area (Å²) >= 11 is 0. The number of rotatable bonds is 7. The summed E-state index contributed by atoms with van der Waals surface area (Å²) in [6.45, 7) is 0.207. The Kier molecular flexibility index (Phi) is 5.84. The number of para-hydroxylation sites is 1. The van der Waals surface area contributed by atoms with Crippen molar-refractivity contribution >= 4 is 29.4 Å². The molecule has 0 aromatic heterocycles. The third kappa shape index (κ3) is 5.24. The van der Waals surface area contributed by atoms with Gasteiger partial charge < -0.3 is 15.1 Å². The van der Waals surface area contributed by atoms with Crippen LogP contribution < -0.4 is 14.7 Å². The average molecular weight is 354 g/mol. The number of carbonyl (C=O) groups excluding carboxylic acids is 1. The number of nitrogens with one attached hydrogen (secondary N) is 2. The van der Waals surface area contributed by atoms with E-state index in [1.54, 1.807) is 12.1 Å². The molecule has 0 fully saturated rings. The lowest BCUT2D eigenvalue weighted by Gasteiger charge is -2.26. The van der Waals surface area contributed by atoms with Gasteiger partial charge in [-0.3, -0.25) is 4.79 Å². The van der Waals surface area contributed by atoms with Crippen molar-refractivity contribution in [1.82, 2.24) is 10.0 Å². The lowest BCUT2D eigenvalue weighted by atomic mass is 9.79. The highest BCUT2D eigenvalue weighted by molar-refractivity contribution is 7.88.